The van der Waals surface area contributed by atoms with E-state index in [1.165, 1.54) is 12.1 Å². The number of aryl methyl sites for hydroxylation is 1. The molecule has 1 unspecified atom stereocenters. The fraction of sp³-hybridized carbons (Fsp3) is 0.417. The second-order valence-electron chi connectivity index (χ2n) is 4.13. The number of aliphatic carboxylic acids is 1. The SMILES string of the molecule is CCC(C)(Nc1cc(C)cc(F)c1)C(=O)O. The van der Waals surface area contributed by atoms with Crippen LogP contribution in [0.4, 0.5) is 10.1 Å². The second kappa shape index (κ2) is 4.51. The van der Waals surface area contributed by atoms with Gasteiger partial charge in [0, 0.05) is 5.69 Å². The maximum Gasteiger partial charge on any atom is 0.329 e. The molecule has 0 spiro atoms. The Morgan fingerprint density at radius 3 is 2.56 bits per heavy atom. The molecule has 0 heterocycles. The average molecular weight is 225 g/mol. The van der Waals surface area contributed by atoms with E-state index in [1.54, 1.807) is 26.8 Å². The summed E-state index contributed by atoms with van der Waals surface area (Å²) in [6, 6.07) is 4.42. The highest BCUT2D eigenvalue weighted by molar-refractivity contribution is 5.82. The molecule has 0 radical (unpaired) electrons. The van der Waals surface area contributed by atoms with Gasteiger partial charge in [0.05, 0.1) is 0 Å². The fourth-order valence-corrected chi connectivity index (χ4v) is 1.42. The molecule has 0 saturated carbocycles. The minimum absolute atomic E-state index is 0.369. The molecule has 0 aromatic heterocycles. The van der Waals surface area contributed by atoms with Gasteiger partial charge < -0.3 is 10.4 Å². The van der Waals surface area contributed by atoms with Crippen molar-refractivity contribution in [3.8, 4) is 0 Å². The number of carbonyl (C=O) groups is 1. The molecule has 0 aliphatic rings. The zero-order valence-electron chi connectivity index (χ0n) is 9.67. The van der Waals surface area contributed by atoms with E-state index in [0.29, 0.717) is 12.1 Å². The Kier molecular flexibility index (Phi) is 3.52. The molecule has 88 valence electrons. The number of anilines is 1. The summed E-state index contributed by atoms with van der Waals surface area (Å²) in [5.41, 5.74) is 0.177. The van der Waals surface area contributed by atoms with Crippen LogP contribution in [0.3, 0.4) is 0 Å². The topological polar surface area (TPSA) is 49.3 Å². The van der Waals surface area contributed by atoms with Crippen molar-refractivity contribution in [2.24, 2.45) is 0 Å². The van der Waals surface area contributed by atoms with Gasteiger partial charge in [-0.05, 0) is 44.0 Å². The van der Waals surface area contributed by atoms with Crippen LogP contribution in [-0.4, -0.2) is 16.6 Å². The van der Waals surface area contributed by atoms with Gasteiger partial charge in [0.1, 0.15) is 11.4 Å². The van der Waals surface area contributed by atoms with Gasteiger partial charge in [-0.3, -0.25) is 0 Å². The lowest BCUT2D eigenvalue weighted by molar-refractivity contribution is -0.141. The van der Waals surface area contributed by atoms with Gasteiger partial charge >= 0.3 is 5.97 Å². The molecule has 0 fully saturated rings. The number of carboxylic acid groups (broad SMARTS) is 1. The largest absolute Gasteiger partial charge is 0.480 e. The van der Waals surface area contributed by atoms with E-state index < -0.39 is 11.5 Å². The van der Waals surface area contributed by atoms with Crippen molar-refractivity contribution >= 4 is 11.7 Å². The summed E-state index contributed by atoms with van der Waals surface area (Å²) < 4.78 is 13.1. The Morgan fingerprint density at radius 2 is 2.12 bits per heavy atom. The van der Waals surface area contributed by atoms with Gasteiger partial charge in [0.15, 0.2) is 0 Å². The number of nitrogens with one attached hydrogen (secondary N) is 1. The van der Waals surface area contributed by atoms with Crippen molar-refractivity contribution in [1.29, 1.82) is 0 Å². The van der Waals surface area contributed by atoms with Crippen LogP contribution in [0.2, 0.25) is 0 Å². The monoisotopic (exact) mass is 225 g/mol. The Morgan fingerprint density at radius 1 is 1.50 bits per heavy atom. The van der Waals surface area contributed by atoms with Gasteiger partial charge in [0.2, 0.25) is 0 Å². The Balaban J connectivity index is 2.99. The van der Waals surface area contributed by atoms with Crippen molar-refractivity contribution in [3.63, 3.8) is 0 Å². The van der Waals surface area contributed by atoms with Crippen molar-refractivity contribution in [3.05, 3.63) is 29.6 Å². The van der Waals surface area contributed by atoms with Crippen LogP contribution in [-0.2, 0) is 4.79 Å². The number of benzene rings is 1. The van der Waals surface area contributed by atoms with E-state index in [-0.39, 0.29) is 5.82 Å². The molecule has 1 aromatic carbocycles. The molecule has 0 saturated heterocycles. The summed E-state index contributed by atoms with van der Waals surface area (Å²) in [5.74, 6) is -1.32. The molecule has 1 rings (SSSR count). The summed E-state index contributed by atoms with van der Waals surface area (Å²) in [7, 11) is 0. The van der Waals surface area contributed by atoms with Crippen LogP contribution in [0.5, 0.6) is 0 Å². The highest BCUT2D eigenvalue weighted by Crippen LogP contribution is 2.21. The van der Waals surface area contributed by atoms with E-state index in [9.17, 15) is 9.18 Å². The lowest BCUT2D eigenvalue weighted by atomic mass is 9.98. The second-order valence-corrected chi connectivity index (χ2v) is 4.13. The number of carboxylic acids is 1. The molecule has 0 aliphatic heterocycles. The molecule has 3 nitrogen and oxygen atoms in total. The molecule has 16 heavy (non-hydrogen) atoms. The zero-order valence-corrected chi connectivity index (χ0v) is 9.67. The van der Waals surface area contributed by atoms with E-state index in [0.717, 1.165) is 5.56 Å². The molecule has 1 aromatic rings. The van der Waals surface area contributed by atoms with Gasteiger partial charge in [-0.25, -0.2) is 9.18 Å². The molecule has 0 bridgehead atoms. The molecular formula is C12H16FNO2. The fourth-order valence-electron chi connectivity index (χ4n) is 1.42. The Bertz CT molecular complexity index is 386. The third-order valence-corrected chi connectivity index (χ3v) is 2.64. The van der Waals surface area contributed by atoms with Crippen LogP contribution in [0.1, 0.15) is 25.8 Å². The average Bonchev–Trinajstić information content (AvgIpc) is 2.15. The summed E-state index contributed by atoms with van der Waals surface area (Å²) >= 11 is 0. The normalized spacial score (nSPS) is 14.2. The number of hydrogen-bond donors (Lipinski definition) is 2. The molecule has 0 aliphatic carbocycles. The molecule has 1 atom stereocenters. The van der Waals surface area contributed by atoms with E-state index in [1.807, 2.05) is 0 Å². The molecule has 0 amide bonds. The highest BCUT2D eigenvalue weighted by atomic mass is 19.1. The number of hydrogen-bond acceptors (Lipinski definition) is 2. The predicted octanol–water partition coefficient (Wildman–Crippen LogP) is 2.80. The van der Waals surface area contributed by atoms with Crippen LogP contribution in [0.15, 0.2) is 18.2 Å². The van der Waals surface area contributed by atoms with Gasteiger partial charge in [-0.15, -0.1) is 0 Å². The lowest BCUT2D eigenvalue weighted by Crippen LogP contribution is -2.42. The van der Waals surface area contributed by atoms with Crippen molar-refractivity contribution in [1.82, 2.24) is 0 Å². The lowest BCUT2D eigenvalue weighted by Gasteiger charge is -2.26. The van der Waals surface area contributed by atoms with Crippen molar-refractivity contribution in [2.45, 2.75) is 32.7 Å². The highest BCUT2D eigenvalue weighted by Gasteiger charge is 2.30. The minimum atomic E-state index is -1.07. The van der Waals surface area contributed by atoms with E-state index in [4.69, 9.17) is 5.11 Å². The number of rotatable bonds is 4. The first-order valence-corrected chi connectivity index (χ1v) is 5.16. The third kappa shape index (κ3) is 2.72. The summed E-state index contributed by atoms with van der Waals surface area (Å²) in [5, 5.41) is 11.9. The Hall–Kier alpha value is -1.58. The molecular weight excluding hydrogens is 209 g/mol. The third-order valence-electron chi connectivity index (χ3n) is 2.64. The van der Waals surface area contributed by atoms with Crippen LogP contribution in [0.25, 0.3) is 0 Å². The van der Waals surface area contributed by atoms with Crippen LogP contribution in [0, 0.1) is 12.7 Å². The van der Waals surface area contributed by atoms with E-state index >= 15 is 0 Å². The predicted molar refractivity (Wildman–Crippen MR) is 61.1 cm³/mol. The summed E-state index contributed by atoms with van der Waals surface area (Å²) in [6.07, 6.45) is 0.415. The number of halogens is 1. The van der Waals surface area contributed by atoms with Gasteiger partial charge in [0.25, 0.3) is 0 Å². The van der Waals surface area contributed by atoms with Crippen molar-refractivity contribution < 1.29 is 14.3 Å². The summed E-state index contributed by atoms with van der Waals surface area (Å²) in [6.45, 7) is 5.11. The molecule has 4 heteroatoms. The van der Waals surface area contributed by atoms with Gasteiger partial charge in [-0.1, -0.05) is 6.92 Å². The van der Waals surface area contributed by atoms with Crippen LogP contribution >= 0.6 is 0 Å². The first-order chi connectivity index (χ1) is 7.37. The minimum Gasteiger partial charge on any atom is -0.480 e. The van der Waals surface area contributed by atoms with E-state index in [2.05, 4.69) is 5.32 Å². The smallest absolute Gasteiger partial charge is 0.329 e. The summed E-state index contributed by atoms with van der Waals surface area (Å²) in [4.78, 5) is 11.1. The van der Waals surface area contributed by atoms with Crippen LogP contribution < -0.4 is 5.32 Å². The first kappa shape index (κ1) is 12.5. The maximum absolute atomic E-state index is 13.1. The zero-order chi connectivity index (χ0) is 12.3. The Labute approximate surface area is 94.3 Å². The van der Waals surface area contributed by atoms with Gasteiger partial charge in [-0.2, -0.15) is 0 Å². The maximum atomic E-state index is 13.1. The van der Waals surface area contributed by atoms with Crippen molar-refractivity contribution in [2.75, 3.05) is 5.32 Å². The standard InChI is InChI=1S/C12H16FNO2/c1-4-12(3,11(15)16)14-10-6-8(2)5-9(13)7-10/h5-7,14H,4H2,1-3H3,(H,15,16). The first-order valence-electron chi connectivity index (χ1n) is 5.16. The molecule has 2 N–H and O–H groups in total. The quantitative estimate of drug-likeness (QED) is 0.828.